The van der Waals surface area contributed by atoms with Gasteiger partial charge in [0.2, 0.25) is 0 Å². The summed E-state index contributed by atoms with van der Waals surface area (Å²) in [4.78, 5) is 0. The van der Waals surface area contributed by atoms with Crippen molar-refractivity contribution >= 4 is 0 Å². The van der Waals surface area contributed by atoms with Crippen molar-refractivity contribution in [2.24, 2.45) is 17.7 Å². The average Bonchev–Trinajstić information content (AvgIpc) is 2.34. The maximum Gasteiger partial charge on any atom is 0.0266 e. The van der Waals surface area contributed by atoms with Gasteiger partial charge in [0.1, 0.15) is 0 Å². The Morgan fingerprint density at radius 3 is 1.41 bits per heavy atom. The predicted octanol–water partition coefficient (Wildman–Crippen LogP) is 3.76. The number of nitrogens with two attached hydrogens (primary N) is 1. The van der Waals surface area contributed by atoms with E-state index >= 15 is 0 Å². The summed E-state index contributed by atoms with van der Waals surface area (Å²) in [5.41, 5.74) is 3.19. The molecule has 2 aliphatic rings. The molecule has 0 aromatic rings. The van der Waals surface area contributed by atoms with Gasteiger partial charge in [-0.3, -0.25) is 11.3 Å². The van der Waals surface area contributed by atoms with E-state index in [0.717, 1.165) is 11.8 Å². The summed E-state index contributed by atoms with van der Waals surface area (Å²) >= 11 is 0. The van der Waals surface area contributed by atoms with Gasteiger partial charge in [0.15, 0.2) is 0 Å². The average molecular weight is 238 g/mol. The van der Waals surface area contributed by atoms with Gasteiger partial charge in [0.25, 0.3) is 0 Å². The normalized spacial score (nSPS) is 27.4. The molecule has 1 unspecified atom stereocenters. The summed E-state index contributed by atoms with van der Waals surface area (Å²) in [5, 5.41) is 0. The Kier molecular flexibility index (Phi) is 5.79. The smallest absolute Gasteiger partial charge is 0.0266 e. The molecule has 0 radical (unpaired) electrons. The third-order valence-corrected chi connectivity index (χ3v) is 5.01. The van der Waals surface area contributed by atoms with Crippen molar-refractivity contribution in [2.45, 2.75) is 83.1 Å². The number of hydrogen-bond acceptors (Lipinski definition) is 2. The van der Waals surface area contributed by atoms with E-state index in [1.807, 2.05) is 0 Å². The van der Waals surface area contributed by atoms with Crippen LogP contribution in [0.15, 0.2) is 0 Å². The van der Waals surface area contributed by atoms with E-state index < -0.39 is 0 Å². The van der Waals surface area contributed by atoms with Crippen LogP contribution in [0.2, 0.25) is 0 Å². The van der Waals surface area contributed by atoms with Crippen LogP contribution in [0.5, 0.6) is 0 Å². The molecule has 2 aliphatic carbocycles. The van der Waals surface area contributed by atoms with Crippen molar-refractivity contribution in [2.75, 3.05) is 0 Å². The Labute approximate surface area is 107 Å². The molecule has 0 aromatic heterocycles. The van der Waals surface area contributed by atoms with Crippen molar-refractivity contribution in [1.82, 2.24) is 5.43 Å². The van der Waals surface area contributed by atoms with Crippen molar-refractivity contribution in [1.29, 1.82) is 0 Å². The number of hydrogen-bond donors (Lipinski definition) is 2. The van der Waals surface area contributed by atoms with Crippen molar-refractivity contribution < 1.29 is 0 Å². The van der Waals surface area contributed by atoms with E-state index in [0.29, 0.717) is 6.04 Å². The molecule has 17 heavy (non-hydrogen) atoms. The van der Waals surface area contributed by atoms with Gasteiger partial charge in [-0.1, -0.05) is 51.4 Å². The van der Waals surface area contributed by atoms with Crippen molar-refractivity contribution in [3.63, 3.8) is 0 Å². The van der Waals surface area contributed by atoms with Crippen LogP contribution in [0.25, 0.3) is 0 Å². The summed E-state index contributed by atoms with van der Waals surface area (Å²) in [5.74, 6) is 7.58. The zero-order chi connectivity index (χ0) is 11.9. The van der Waals surface area contributed by atoms with Crippen LogP contribution < -0.4 is 11.3 Å². The van der Waals surface area contributed by atoms with Gasteiger partial charge in [0, 0.05) is 6.04 Å². The fraction of sp³-hybridized carbons (Fsp3) is 1.00. The molecule has 0 saturated heterocycles. The van der Waals surface area contributed by atoms with E-state index in [1.54, 1.807) is 0 Å². The number of nitrogens with one attached hydrogen (secondary N) is 1. The number of hydrazine groups is 1. The first-order valence-corrected chi connectivity index (χ1v) is 7.88. The molecule has 0 amide bonds. The van der Waals surface area contributed by atoms with E-state index in [1.165, 1.54) is 77.0 Å². The monoisotopic (exact) mass is 238 g/mol. The molecule has 0 heterocycles. The molecular weight excluding hydrogens is 208 g/mol. The maximum absolute atomic E-state index is 5.87. The zero-order valence-electron chi connectivity index (χ0n) is 11.3. The Bertz CT molecular complexity index is 191. The summed E-state index contributed by atoms with van der Waals surface area (Å²) in [7, 11) is 0. The highest BCUT2D eigenvalue weighted by Gasteiger charge is 2.29. The maximum atomic E-state index is 5.87. The summed E-state index contributed by atoms with van der Waals surface area (Å²) in [6.07, 6.45) is 17.1. The van der Waals surface area contributed by atoms with Gasteiger partial charge in [-0.15, -0.1) is 0 Å². The highest BCUT2D eigenvalue weighted by atomic mass is 15.2. The lowest BCUT2D eigenvalue weighted by Gasteiger charge is -2.36. The molecule has 0 bridgehead atoms. The first-order valence-electron chi connectivity index (χ1n) is 7.88. The third kappa shape index (κ3) is 3.96. The second-order valence-electron chi connectivity index (χ2n) is 6.20. The lowest BCUT2D eigenvalue weighted by molar-refractivity contribution is 0.181. The molecule has 0 aliphatic heterocycles. The van der Waals surface area contributed by atoms with Crippen LogP contribution in [0, 0.1) is 11.8 Å². The van der Waals surface area contributed by atoms with Crippen LogP contribution in [0.3, 0.4) is 0 Å². The molecule has 0 spiro atoms. The van der Waals surface area contributed by atoms with Crippen LogP contribution in [-0.4, -0.2) is 6.04 Å². The molecule has 100 valence electrons. The second-order valence-corrected chi connectivity index (χ2v) is 6.20. The minimum atomic E-state index is 0.605. The Morgan fingerprint density at radius 1 is 0.647 bits per heavy atom. The van der Waals surface area contributed by atoms with E-state index in [2.05, 4.69) is 5.43 Å². The quantitative estimate of drug-likeness (QED) is 0.580. The van der Waals surface area contributed by atoms with E-state index in [-0.39, 0.29) is 0 Å². The van der Waals surface area contributed by atoms with Crippen LogP contribution in [-0.2, 0) is 0 Å². The largest absolute Gasteiger partial charge is 0.271 e. The van der Waals surface area contributed by atoms with Crippen LogP contribution in [0.4, 0.5) is 0 Å². The second kappa shape index (κ2) is 7.38. The van der Waals surface area contributed by atoms with Gasteiger partial charge in [0.05, 0.1) is 0 Å². The molecule has 3 N–H and O–H groups in total. The Hall–Kier alpha value is -0.0800. The van der Waals surface area contributed by atoms with Gasteiger partial charge in [-0.25, -0.2) is 0 Å². The van der Waals surface area contributed by atoms with E-state index in [4.69, 9.17) is 5.84 Å². The van der Waals surface area contributed by atoms with Gasteiger partial charge in [-0.2, -0.15) is 0 Å². The third-order valence-electron chi connectivity index (χ3n) is 5.01. The zero-order valence-corrected chi connectivity index (χ0v) is 11.3. The first-order chi connectivity index (χ1) is 8.42. The highest BCUT2D eigenvalue weighted by molar-refractivity contribution is 4.84. The van der Waals surface area contributed by atoms with Crippen LogP contribution >= 0.6 is 0 Å². The Morgan fingerprint density at radius 2 is 1.00 bits per heavy atom. The minimum absolute atomic E-state index is 0.605. The predicted molar refractivity (Wildman–Crippen MR) is 73.5 cm³/mol. The number of rotatable bonds is 3. The minimum Gasteiger partial charge on any atom is -0.271 e. The summed E-state index contributed by atoms with van der Waals surface area (Å²) < 4.78 is 0. The molecule has 2 nitrogen and oxygen atoms in total. The molecule has 2 heteroatoms. The summed E-state index contributed by atoms with van der Waals surface area (Å²) in [6.45, 7) is 0. The standard InChI is InChI=1S/C15H30N2/c16-17-15(14-11-7-4-8-12-14)13-9-5-2-1-3-6-10-13/h13-15,17H,1-12,16H2. The lowest BCUT2D eigenvalue weighted by atomic mass is 9.75. The highest BCUT2D eigenvalue weighted by Crippen LogP contribution is 2.34. The Balaban J connectivity index is 1.89. The van der Waals surface area contributed by atoms with Gasteiger partial charge >= 0.3 is 0 Å². The van der Waals surface area contributed by atoms with Crippen molar-refractivity contribution in [3.8, 4) is 0 Å². The molecule has 1 atom stereocenters. The fourth-order valence-corrected chi connectivity index (χ4v) is 4.00. The van der Waals surface area contributed by atoms with Crippen LogP contribution in [0.1, 0.15) is 77.0 Å². The SMILES string of the molecule is NNC(C1CCCCCCC1)C1CCCCC1. The molecule has 2 saturated carbocycles. The molecule has 2 rings (SSSR count). The molecular formula is C15H30N2. The lowest BCUT2D eigenvalue weighted by Crippen LogP contribution is -2.46. The fourth-order valence-electron chi connectivity index (χ4n) is 4.00. The van der Waals surface area contributed by atoms with Gasteiger partial charge < -0.3 is 0 Å². The van der Waals surface area contributed by atoms with Gasteiger partial charge in [-0.05, 0) is 37.5 Å². The van der Waals surface area contributed by atoms with E-state index in [9.17, 15) is 0 Å². The summed E-state index contributed by atoms with van der Waals surface area (Å²) in [6, 6.07) is 0.605. The molecule has 2 fully saturated rings. The van der Waals surface area contributed by atoms with Crippen molar-refractivity contribution in [3.05, 3.63) is 0 Å². The topological polar surface area (TPSA) is 38.0 Å². The first kappa shape index (κ1) is 13.4. The molecule has 0 aromatic carbocycles.